The van der Waals surface area contributed by atoms with Gasteiger partial charge >= 0.3 is 0 Å². The lowest BCUT2D eigenvalue weighted by Crippen LogP contribution is -2.37. The number of nitrogens with zero attached hydrogens (tertiary/aromatic N) is 2. The van der Waals surface area contributed by atoms with Crippen molar-refractivity contribution in [1.82, 2.24) is 14.5 Å². The Hall–Kier alpha value is -2.56. The van der Waals surface area contributed by atoms with Gasteiger partial charge in [-0.05, 0) is 68.0 Å². The van der Waals surface area contributed by atoms with Gasteiger partial charge in [-0.3, -0.25) is 0 Å². The van der Waals surface area contributed by atoms with Crippen LogP contribution in [0.3, 0.4) is 0 Å². The summed E-state index contributed by atoms with van der Waals surface area (Å²) in [5, 5.41) is 5.75. The average Bonchev–Trinajstić information content (AvgIpc) is 3.27. The molecule has 39 heavy (non-hydrogen) atoms. The highest BCUT2D eigenvalue weighted by Crippen LogP contribution is 2.39. The van der Waals surface area contributed by atoms with Gasteiger partial charge in [0.1, 0.15) is 17.3 Å². The first-order chi connectivity index (χ1) is 18.7. The summed E-state index contributed by atoms with van der Waals surface area (Å²) >= 11 is 1.66. The van der Waals surface area contributed by atoms with Crippen molar-refractivity contribution in [1.29, 1.82) is 0 Å². The molecule has 1 aliphatic heterocycles. The van der Waals surface area contributed by atoms with Crippen LogP contribution in [0.4, 0.5) is 13.2 Å². The van der Waals surface area contributed by atoms with Crippen molar-refractivity contribution in [3.63, 3.8) is 0 Å². The number of aromatic nitrogens is 2. The maximum atomic E-state index is 14.9. The molecule has 0 amide bonds. The molecule has 5 nitrogen and oxygen atoms in total. The summed E-state index contributed by atoms with van der Waals surface area (Å²) < 4.78 is 72.7. The van der Waals surface area contributed by atoms with Gasteiger partial charge in [-0.15, -0.1) is 0 Å². The van der Waals surface area contributed by atoms with E-state index in [2.05, 4.69) is 9.82 Å². The fourth-order valence-corrected chi connectivity index (χ4v) is 7.96. The molecular weight excluding hydrogens is 543 g/mol. The van der Waals surface area contributed by atoms with E-state index in [0.717, 1.165) is 54.0 Å². The van der Waals surface area contributed by atoms with Crippen LogP contribution in [0.2, 0.25) is 0 Å². The number of benzene rings is 2. The number of fused-ring (bicyclic) bond motifs is 1. The molecule has 1 unspecified atom stereocenters. The third-order valence-electron chi connectivity index (χ3n) is 7.63. The van der Waals surface area contributed by atoms with Gasteiger partial charge in [0, 0.05) is 40.5 Å². The first-order valence-corrected chi connectivity index (χ1v) is 16.0. The van der Waals surface area contributed by atoms with Crippen molar-refractivity contribution >= 4 is 27.9 Å². The molecule has 2 heterocycles. The smallest absolute Gasteiger partial charge is 0.234 e. The van der Waals surface area contributed by atoms with Gasteiger partial charge in [-0.25, -0.2) is 31.0 Å². The molecule has 3 aromatic rings. The summed E-state index contributed by atoms with van der Waals surface area (Å²) in [6.45, 7) is 1.91. The predicted molar refractivity (Wildman–Crippen MR) is 150 cm³/mol. The largest absolute Gasteiger partial charge is 0.234 e. The van der Waals surface area contributed by atoms with Gasteiger partial charge in [0.2, 0.25) is 10.0 Å². The van der Waals surface area contributed by atoms with Crippen molar-refractivity contribution in [2.24, 2.45) is 5.92 Å². The molecule has 1 aliphatic carbocycles. The third kappa shape index (κ3) is 6.61. The number of nitrogens with one attached hydrogen (secondary N) is 1. The maximum absolute atomic E-state index is 14.9. The lowest BCUT2D eigenvalue weighted by molar-refractivity contribution is 0.303. The lowest BCUT2D eigenvalue weighted by Gasteiger charge is -2.27. The van der Waals surface area contributed by atoms with E-state index in [1.54, 1.807) is 17.8 Å². The van der Waals surface area contributed by atoms with E-state index in [4.69, 9.17) is 0 Å². The zero-order chi connectivity index (χ0) is 27.6. The average molecular weight is 576 g/mol. The number of thioether (sulfide) groups is 1. The van der Waals surface area contributed by atoms with Crippen LogP contribution in [0.1, 0.15) is 67.5 Å². The second-order valence-electron chi connectivity index (χ2n) is 10.5. The molecule has 0 spiro atoms. The molecule has 0 radical (unpaired) electrons. The molecule has 1 fully saturated rings. The molecule has 2 aliphatic rings. The van der Waals surface area contributed by atoms with Gasteiger partial charge < -0.3 is 0 Å². The lowest BCUT2D eigenvalue weighted by atomic mass is 9.85. The van der Waals surface area contributed by atoms with E-state index in [-0.39, 0.29) is 23.5 Å². The van der Waals surface area contributed by atoms with Crippen LogP contribution < -0.4 is 4.72 Å². The van der Waals surface area contributed by atoms with E-state index in [1.165, 1.54) is 41.4 Å². The normalized spacial score (nSPS) is 19.3. The first-order valence-electron chi connectivity index (χ1n) is 13.3. The predicted octanol–water partition coefficient (Wildman–Crippen LogP) is 6.72. The Morgan fingerprint density at radius 3 is 2.62 bits per heavy atom. The van der Waals surface area contributed by atoms with Crippen molar-refractivity contribution in [2.45, 2.75) is 63.2 Å². The Morgan fingerprint density at radius 1 is 1.10 bits per heavy atom. The summed E-state index contributed by atoms with van der Waals surface area (Å²) in [6.07, 6.45) is 7.40. The number of halogens is 3. The number of sulfonamides is 1. The fourth-order valence-electron chi connectivity index (χ4n) is 5.69. The summed E-state index contributed by atoms with van der Waals surface area (Å²) in [5.41, 5.74) is 2.81. The van der Waals surface area contributed by atoms with Crippen molar-refractivity contribution in [2.75, 3.05) is 5.75 Å². The number of hydrogen-bond acceptors (Lipinski definition) is 4. The molecule has 10 heteroatoms. The monoisotopic (exact) mass is 575 g/mol. The van der Waals surface area contributed by atoms with E-state index in [0.29, 0.717) is 29.5 Å². The summed E-state index contributed by atoms with van der Waals surface area (Å²) in [6, 6.07) is 9.48. The Bertz CT molecular complexity index is 1470. The van der Waals surface area contributed by atoms with Gasteiger partial charge in [0.15, 0.2) is 5.82 Å². The molecule has 2 atom stereocenters. The molecule has 1 N–H and O–H groups in total. The Morgan fingerprint density at radius 2 is 1.87 bits per heavy atom. The highest BCUT2D eigenvalue weighted by atomic mass is 32.2. The van der Waals surface area contributed by atoms with Gasteiger partial charge in [0.25, 0.3) is 0 Å². The fraction of sp³-hybridized carbons (Fsp3) is 0.414. The first kappa shape index (κ1) is 28.0. The van der Waals surface area contributed by atoms with E-state index < -0.39 is 21.7 Å². The van der Waals surface area contributed by atoms with E-state index >= 15 is 0 Å². The standard InChI is InChI=1S/C29H32F3N3O2S2/c1-19(21-7-3-2-4-8-21)34-39(36,37)13-12-27-25-18-38-17-22(14-20-6-5-9-23(30)15-20)29(25)35(33-27)28-11-10-24(31)16-26(28)32/h5-6,9-13,15-16,19,21-22,34H,2-4,7-8,14,17-18H2,1H3/b13-12+/t19-,22?/m1/s1. The molecule has 208 valence electrons. The zero-order valence-corrected chi connectivity index (χ0v) is 23.4. The highest BCUT2D eigenvalue weighted by Gasteiger charge is 2.30. The molecule has 2 aromatic carbocycles. The highest BCUT2D eigenvalue weighted by molar-refractivity contribution is 7.98. The molecule has 0 bridgehead atoms. The molecule has 1 aromatic heterocycles. The summed E-state index contributed by atoms with van der Waals surface area (Å²) in [7, 11) is -3.74. The van der Waals surface area contributed by atoms with E-state index in [9.17, 15) is 21.6 Å². The Kier molecular flexibility index (Phi) is 8.54. The van der Waals surface area contributed by atoms with Crippen molar-refractivity contribution in [3.05, 3.63) is 87.8 Å². The van der Waals surface area contributed by atoms with Gasteiger partial charge in [0.05, 0.1) is 11.4 Å². The maximum Gasteiger partial charge on any atom is 0.234 e. The van der Waals surface area contributed by atoms with Gasteiger partial charge in [-0.1, -0.05) is 31.4 Å². The Labute approximate surface area is 231 Å². The molecule has 5 rings (SSSR count). The second-order valence-corrected chi connectivity index (χ2v) is 13.1. The molecule has 0 saturated heterocycles. The van der Waals surface area contributed by atoms with E-state index in [1.807, 2.05) is 13.0 Å². The topological polar surface area (TPSA) is 64.0 Å². The minimum atomic E-state index is -3.74. The zero-order valence-electron chi connectivity index (χ0n) is 21.7. The summed E-state index contributed by atoms with van der Waals surface area (Å²) in [4.78, 5) is 0. The minimum Gasteiger partial charge on any atom is -0.234 e. The Balaban J connectivity index is 1.49. The van der Waals surface area contributed by atoms with Crippen LogP contribution in [-0.2, 0) is 22.2 Å². The summed E-state index contributed by atoms with van der Waals surface area (Å²) in [5.74, 6) is -0.375. The molecular formula is C29H32F3N3O2S2. The van der Waals surface area contributed by atoms with Crippen LogP contribution in [0.15, 0.2) is 47.9 Å². The number of rotatable bonds is 8. The van der Waals surface area contributed by atoms with Crippen LogP contribution in [0, 0.1) is 23.4 Å². The van der Waals surface area contributed by atoms with Crippen molar-refractivity contribution in [3.8, 4) is 5.69 Å². The van der Waals surface area contributed by atoms with Crippen LogP contribution in [-0.4, -0.2) is 30.0 Å². The minimum absolute atomic E-state index is 0.0790. The van der Waals surface area contributed by atoms with Gasteiger partial charge in [-0.2, -0.15) is 16.9 Å². The van der Waals surface area contributed by atoms with Crippen molar-refractivity contribution < 1.29 is 21.6 Å². The van der Waals surface area contributed by atoms with Crippen LogP contribution in [0.25, 0.3) is 11.8 Å². The SMILES string of the molecule is C[C@@H](NS(=O)(=O)/C=C/c1nn(-c2ccc(F)cc2F)c2c1CSCC2Cc1cccc(F)c1)C1CCCCC1. The third-order valence-corrected chi connectivity index (χ3v) is 9.95. The van der Waals surface area contributed by atoms with Crippen LogP contribution >= 0.6 is 11.8 Å². The van der Waals surface area contributed by atoms with Crippen LogP contribution in [0.5, 0.6) is 0 Å². The molecule has 1 saturated carbocycles. The quantitative estimate of drug-likeness (QED) is 0.324. The second kappa shape index (κ2) is 11.9. The number of hydrogen-bond donors (Lipinski definition) is 1.